The summed E-state index contributed by atoms with van der Waals surface area (Å²) in [5.74, 6) is 0.209. The molecule has 0 aliphatic rings. The summed E-state index contributed by atoms with van der Waals surface area (Å²) in [5.41, 5.74) is 1.76. The molecule has 2 heteroatoms. The minimum absolute atomic E-state index is 0.209. The highest BCUT2D eigenvalue weighted by atomic mass is 16.3. The van der Waals surface area contributed by atoms with E-state index in [1.54, 1.807) is 0 Å². The summed E-state index contributed by atoms with van der Waals surface area (Å²) in [6.07, 6.45) is 0.696. The summed E-state index contributed by atoms with van der Waals surface area (Å²) < 4.78 is 0. The summed E-state index contributed by atoms with van der Waals surface area (Å²) in [5, 5.41) is 13.6. The predicted octanol–water partition coefficient (Wildman–Crippen LogP) is 3.18. The molecular formula is C18H23NO. The van der Waals surface area contributed by atoms with Gasteiger partial charge >= 0.3 is 0 Å². The van der Waals surface area contributed by atoms with Crippen LogP contribution >= 0.6 is 0 Å². The Bertz CT molecular complexity index is 468. The fourth-order valence-corrected chi connectivity index (χ4v) is 2.69. The second-order valence-electron chi connectivity index (χ2n) is 5.61. The van der Waals surface area contributed by atoms with Gasteiger partial charge in [-0.1, -0.05) is 60.7 Å². The molecule has 0 spiro atoms. The minimum atomic E-state index is -0.731. The summed E-state index contributed by atoms with van der Waals surface area (Å²) in [4.78, 5) is 0. The Hall–Kier alpha value is -1.64. The largest absolute Gasteiger partial charge is 0.389 e. The average Bonchev–Trinajstić information content (AvgIpc) is 2.47. The van der Waals surface area contributed by atoms with Crippen molar-refractivity contribution < 1.29 is 5.11 Å². The molecule has 1 unspecified atom stereocenters. The molecule has 0 aliphatic carbocycles. The number of likely N-dealkylation sites (N-methyl/N-ethyl adjacent to an activating group) is 1. The molecule has 2 rings (SSSR count). The van der Waals surface area contributed by atoms with Crippen molar-refractivity contribution in [1.29, 1.82) is 0 Å². The van der Waals surface area contributed by atoms with Crippen LogP contribution in [0, 0.1) is 0 Å². The van der Waals surface area contributed by atoms with Gasteiger partial charge in [-0.3, -0.25) is 0 Å². The van der Waals surface area contributed by atoms with Crippen LogP contribution in [-0.2, 0) is 0 Å². The maximum atomic E-state index is 10.5. The Morgan fingerprint density at radius 2 is 1.40 bits per heavy atom. The van der Waals surface area contributed by atoms with Crippen LogP contribution in [-0.4, -0.2) is 24.3 Å². The lowest BCUT2D eigenvalue weighted by Gasteiger charge is -2.29. The molecule has 0 aliphatic heterocycles. The number of hydrogen-bond acceptors (Lipinski definition) is 2. The highest BCUT2D eigenvalue weighted by Crippen LogP contribution is 2.32. The third kappa shape index (κ3) is 3.92. The van der Waals surface area contributed by atoms with E-state index in [2.05, 4.69) is 53.8 Å². The molecule has 106 valence electrons. The molecule has 0 heterocycles. The zero-order valence-corrected chi connectivity index (χ0v) is 12.2. The second kappa shape index (κ2) is 6.69. The van der Waals surface area contributed by atoms with Crippen LogP contribution in [0.3, 0.4) is 0 Å². The molecule has 0 amide bonds. The van der Waals surface area contributed by atoms with E-state index in [0.717, 1.165) is 0 Å². The van der Waals surface area contributed by atoms with Gasteiger partial charge in [-0.2, -0.15) is 0 Å². The van der Waals surface area contributed by atoms with Gasteiger partial charge in [0.05, 0.1) is 5.60 Å². The monoisotopic (exact) mass is 269 g/mol. The zero-order chi connectivity index (χ0) is 14.4. The quantitative estimate of drug-likeness (QED) is 0.844. The maximum absolute atomic E-state index is 10.5. The molecule has 2 aromatic rings. The van der Waals surface area contributed by atoms with Gasteiger partial charge in [-0.15, -0.1) is 0 Å². The van der Waals surface area contributed by atoms with Crippen molar-refractivity contribution >= 4 is 0 Å². The smallest absolute Gasteiger partial charge is 0.0752 e. The lowest BCUT2D eigenvalue weighted by atomic mass is 9.82. The van der Waals surface area contributed by atoms with Crippen LogP contribution < -0.4 is 5.32 Å². The van der Waals surface area contributed by atoms with Gasteiger partial charge in [0, 0.05) is 12.5 Å². The van der Waals surface area contributed by atoms with Crippen molar-refractivity contribution in [3.05, 3.63) is 71.8 Å². The Kier molecular flexibility index (Phi) is 4.94. The lowest BCUT2D eigenvalue weighted by Crippen LogP contribution is -2.37. The molecule has 20 heavy (non-hydrogen) atoms. The standard InChI is InChI=1S/C18H23NO/c1-18(20,14-19-2)13-17(15-9-5-3-6-10-15)16-11-7-4-8-12-16/h3-12,17,19-20H,13-14H2,1-2H3. The van der Waals surface area contributed by atoms with Crippen molar-refractivity contribution in [3.63, 3.8) is 0 Å². The molecular weight excluding hydrogens is 246 g/mol. The number of hydrogen-bond donors (Lipinski definition) is 2. The number of nitrogens with one attached hydrogen (secondary N) is 1. The van der Waals surface area contributed by atoms with Gasteiger partial charge in [0.25, 0.3) is 0 Å². The summed E-state index contributed by atoms with van der Waals surface area (Å²) >= 11 is 0. The van der Waals surface area contributed by atoms with Gasteiger partial charge in [0.2, 0.25) is 0 Å². The van der Waals surface area contributed by atoms with E-state index in [4.69, 9.17) is 0 Å². The molecule has 1 atom stereocenters. The first-order chi connectivity index (χ1) is 9.62. The van der Waals surface area contributed by atoms with Crippen LogP contribution in [0.2, 0.25) is 0 Å². The molecule has 2 aromatic carbocycles. The van der Waals surface area contributed by atoms with Crippen LogP contribution in [0.5, 0.6) is 0 Å². The maximum Gasteiger partial charge on any atom is 0.0752 e. The van der Waals surface area contributed by atoms with Crippen LogP contribution in [0.4, 0.5) is 0 Å². The van der Waals surface area contributed by atoms with Crippen molar-refractivity contribution in [2.75, 3.05) is 13.6 Å². The van der Waals surface area contributed by atoms with Gasteiger partial charge in [-0.25, -0.2) is 0 Å². The first kappa shape index (κ1) is 14.8. The van der Waals surface area contributed by atoms with E-state index in [-0.39, 0.29) is 5.92 Å². The van der Waals surface area contributed by atoms with Crippen molar-refractivity contribution in [2.24, 2.45) is 0 Å². The fraction of sp³-hybridized carbons (Fsp3) is 0.333. The van der Waals surface area contributed by atoms with E-state index >= 15 is 0 Å². The zero-order valence-electron chi connectivity index (χ0n) is 12.2. The van der Waals surface area contributed by atoms with Crippen molar-refractivity contribution in [1.82, 2.24) is 5.32 Å². The van der Waals surface area contributed by atoms with Crippen molar-refractivity contribution in [3.8, 4) is 0 Å². The number of benzene rings is 2. The molecule has 2 nitrogen and oxygen atoms in total. The average molecular weight is 269 g/mol. The molecule has 0 radical (unpaired) electrons. The van der Waals surface area contributed by atoms with Crippen LogP contribution in [0.1, 0.15) is 30.4 Å². The van der Waals surface area contributed by atoms with Crippen molar-refractivity contribution in [2.45, 2.75) is 24.9 Å². The van der Waals surface area contributed by atoms with Gasteiger partial charge < -0.3 is 10.4 Å². The first-order valence-electron chi connectivity index (χ1n) is 7.09. The van der Waals surface area contributed by atoms with Crippen LogP contribution in [0.25, 0.3) is 0 Å². The molecule has 2 N–H and O–H groups in total. The van der Waals surface area contributed by atoms with Gasteiger partial charge in [0.15, 0.2) is 0 Å². The fourth-order valence-electron chi connectivity index (χ4n) is 2.69. The third-order valence-electron chi connectivity index (χ3n) is 3.61. The summed E-state index contributed by atoms with van der Waals surface area (Å²) in [7, 11) is 1.87. The minimum Gasteiger partial charge on any atom is -0.389 e. The Balaban J connectivity index is 2.31. The van der Waals surface area contributed by atoms with Gasteiger partial charge in [0.1, 0.15) is 0 Å². The Morgan fingerprint density at radius 1 is 0.950 bits per heavy atom. The lowest BCUT2D eigenvalue weighted by molar-refractivity contribution is 0.0486. The molecule has 0 fully saturated rings. The highest BCUT2D eigenvalue weighted by molar-refractivity contribution is 5.32. The molecule has 0 bridgehead atoms. The Labute approximate surface area is 121 Å². The topological polar surface area (TPSA) is 32.3 Å². The number of rotatable bonds is 6. The van der Waals surface area contributed by atoms with E-state index in [9.17, 15) is 5.11 Å². The predicted molar refractivity (Wildman–Crippen MR) is 83.9 cm³/mol. The van der Waals surface area contributed by atoms with Crippen LogP contribution in [0.15, 0.2) is 60.7 Å². The van der Waals surface area contributed by atoms with Gasteiger partial charge in [-0.05, 0) is 31.5 Å². The number of aliphatic hydroxyl groups is 1. The normalized spacial score (nSPS) is 14.2. The van der Waals surface area contributed by atoms with E-state index in [1.165, 1.54) is 11.1 Å². The molecule has 0 saturated carbocycles. The molecule has 0 aromatic heterocycles. The van der Waals surface area contributed by atoms with E-state index in [1.807, 2.05) is 26.1 Å². The van der Waals surface area contributed by atoms with E-state index in [0.29, 0.717) is 13.0 Å². The second-order valence-corrected chi connectivity index (χ2v) is 5.61. The summed E-state index contributed by atoms with van der Waals surface area (Å²) in [6.45, 7) is 2.48. The summed E-state index contributed by atoms with van der Waals surface area (Å²) in [6, 6.07) is 20.8. The highest BCUT2D eigenvalue weighted by Gasteiger charge is 2.26. The first-order valence-corrected chi connectivity index (χ1v) is 7.09. The van der Waals surface area contributed by atoms with E-state index < -0.39 is 5.60 Å². The Morgan fingerprint density at radius 3 is 1.80 bits per heavy atom. The molecule has 0 saturated heterocycles. The SMILES string of the molecule is CNCC(C)(O)CC(c1ccccc1)c1ccccc1. The third-order valence-corrected chi connectivity index (χ3v) is 3.61.